The van der Waals surface area contributed by atoms with Crippen LogP contribution in [0.3, 0.4) is 0 Å². The van der Waals surface area contributed by atoms with Crippen molar-refractivity contribution >= 4 is 18.4 Å². The van der Waals surface area contributed by atoms with E-state index < -0.39 is 23.8 Å². The van der Waals surface area contributed by atoms with Crippen molar-refractivity contribution in [2.45, 2.75) is 18.6 Å². The van der Waals surface area contributed by atoms with Gasteiger partial charge in [0.25, 0.3) is 0 Å². The SMILES string of the molecule is COC(=O)C[C@H](N)c1cc(C(F)(F)F)ccc1O.Cl. The Morgan fingerprint density at radius 1 is 1.47 bits per heavy atom. The van der Waals surface area contributed by atoms with Gasteiger partial charge >= 0.3 is 12.1 Å². The molecule has 0 aliphatic heterocycles. The highest BCUT2D eigenvalue weighted by molar-refractivity contribution is 5.85. The maximum absolute atomic E-state index is 12.5. The van der Waals surface area contributed by atoms with E-state index in [1.807, 2.05) is 0 Å². The average Bonchev–Trinajstić information content (AvgIpc) is 2.27. The Bertz CT molecular complexity index is 451. The molecule has 0 radical (unpaired) electrons. The van der Waals surface area contributed by atoms with Gasteiger partial charge in [0.1, 0.15) is 5.75 Å². The quantitative estimate of drug-likeness (QED) is 0.841. The third-order valence-electron chi connectivity index (χ3n) is 2.37. The van der Waals surface area contributed by atoms with Crippen LogP contribution >= 0.6 is 12.4 Å². The first-order valence-corrected chi connectivity index (χ1v) is 4.98. The van der Waals surface area contributed by atoms with Gasteiger partial charge in [0, 0.05) is 11.6 Å². The van der Waals surface area contributed by atoms with Gasteiger partial charge < -0.3 is 15.6 Å². The first kappa shape index (κ1) is 17.5. The number of esters is 1. The predicted molar refractivity (Wildman–Crippen MR) is 63.9 cm³/mol. The van der Waals surface area contributed by atoms with Crippen molar-refractivity contribution < 1.29 is 27.8 Å². The number of aromatic hydroxyl groups is 1. The monoisotopic (exact) mass is 299 g/mol. The van der Waals surface area contributed by atoms with Crippen LogP contribution in [-0.2, 0) is 15.7 Å². The van der Waals surface area contributed by atoms with Gasteiger partial charge in [-0.15, -0.1) is 12.4 Å². The average molecular weight is 300 g/mol. The number of alkyl halides is 3. The lowest BCUT2D eigenvalue weighted by atomic mass is 10.0. The van der Waals surface area contributed by atoms with Crippen molar-refractivity contribution in [3.05, 3.63) is 29.3 Å². The standard InChI is InChI=1S/C11H12F3NO3.ClH/c1-18-10(17)5-8(15)7-4-6(11(12,13)14)2-3-9(7)16;/h2-4,8,16H,5,15H2,1H3;1H/t8-;/m0./s1. The Kier molecular flexibility index (Phi) is 6.11. The molecule has 0 bridgehead atoms. The smallest absolute Gasteiger partial charge is 0.416 e. The number of halogens is 4. The zero-order chi connectivity index (χ0) is 13.9. The molecular weight excluding hydrogens is 287 g/mol. The van der Waals surface area contributed by atoms with Crippen molar-refractivity contribution in [3.8, 4) is 5.75 Å². The molecule has 0 amide bonds. The van der Waals surface area contributed by atoms with E-state index in [1.165, 1.54) is 0 Å². The molecular formula is C11H13ClF3NO3. The number of phenols is 1. The number of carbonyl (C=O) groups excluding carboxylic acids is 1. The first-order chi connectivity index (χ1) is 8.25. The third-order valence-corrected chi connectivity index (χ3v) is 2.37. The summed E-state index contributed by atoms with van der Waals surface area (Å²) in [5, 5.41) is 9.46. The minimum absolute atomic E-state index is 0. The lowest BCUT2D eigenvalue weighted by Crippen LogP contribution is -2.17. The maximum Gasteiger partial charge on any atom is 0.416 e. The molecule has 0 fully saturated rings. The predicted octanol–water partition coefficient (Wildman–Crippen LogP) is 2.40. The van der Waals surface area contributed by atoms with E-state index in [0.717, 1.165) is 25.3 Å². The van der Waals surface area contributed by atoms with Crippen LogP contribution in [0.4, 0.5) is 13.2 Å². The summed E-state index contributed by atoms with van der Waals surface area (Å²) in [5.74, 6) is -1.06. The van der Waals surface area contributed by atoms with Crippen LogP contribution in [0.1, 0.15) is 23.6 Å². The van der Waals surface area contributed by atoms with Crippen molar-refractivity contribution in [3.63, 3.8) is 0 Å². The Labute approximate surface area is 113 Å². The number of phenolic OH excluding ortho intramolecular Hbond substituents is 1. The number of rotatable bonds is 3. The molecule has 0 aliphatic rings. The third kappa shape index (κ3) is 4.60. The Hall–Kier alpha value is -1.47. The largest absolute Gasteiger partial charge is 0.508 e. The number of carbonyl (C=O) groups is 1. The molecule has 1 aromatic rings. The van der Waals surface area contributed by atoms with Gasteiger partial charge in [-0.3, -0.25) is 4.79 Å². The summed E-state index contributed by atoms with van der Waals surface area (Å²) in [6.07, 6.45) is -4.85. The summed E-state index contributed by atoms with van der Waals surface area (Å²) in [4.78, 5) is 11.0. The first-order valence-electron chi connectivity index (χ1n) is 4.98. The molecule has 0 spiro atoms. The van der Waals surface area contributed by atoms with Gasteiger partial charge in [0.05, 0.1) is 19.1 Å². The molecule has 108 valence electrons. The highest BCUT2D eigenvalue weighted by Crippen LogP contribution is 2.34. The maximum atomic E-state index is 12.5. The second-order valence-electron chi connectivity index (χ2n) is 3.66. The van der Waals surface area contributed by atoms with Gasteiger partial charge in [-0.25, -0.2) is 0 Å². The van der Waals surface area contributed by atoms with E-state index in [-0.39, 0.29) is 30.1 Å². The Morgan fingerprint density at radius 2 is 2.05 bits per heavy atom. The topological polar surface area (TPSA) is 72.5 Å². The van der Waals surface area contributed by atoms with Crippen molar-refractivity contribution in [2.24, 2.45) is 5.73 Å². The summed E-state index contributed by atoms with van der Waals surface area (Å²) < 4.78 is 41.8. The number of nitrogens with two attached hydrogens (primary N) is 1. The van der Waals surface area contributed by atoms with E-state index in [2.05, 4.69) is 4.74 Å². The van der Waals surface area contributed by atoms with Crippen molar-refractivity contribution in [1.82, 2.24) is 0 Å². The van der Waals surface area contributed by atoms with Crippen LogP contribution in [0.2, 0.25) is 0 Å². The van der Waals surface area contributed by atoms with Crippen LogP contribution in [0.25, 0.3) is 0 Å². The molecule has 0 aromatic heterocycles. The van der Waals surface area contributed by atoms with Crippen molar-refractivity contribution in [1.29, 1.82) is 0 Å². The van der Waals surface area contributed by atoms with Gasteiger partial charge in [0.15, 0.2) is 0 Å². The summed E-state index contributed by atoms with van der Waals surface area (Å²) >= 11 is 0. The van der Waals surface area contributed by atoms with Crippen LogP contribution in [-0.4, -0.2) is 18.2 Å². The molecule has 0 saturated carbocycles. The van der Waals surface area contributed by atoms with Gasteiger partial charge in [-0.05, 0) is 18.2 Å². The fourth-order valence-electron chi connectivity index (χ4n) is 1.40. The molecule has 1 aromatic carbocycles. The highest BCUT2D eigenvalue weighted by atomic mass is 35.5. The number of ether oxygens (including phenoxy) is 1. The van der Waals surface area contributed by atoms with E-state index >= 15 is 0 Å². The number of methoxy groups -OCH3 is 1. The van der Waals surface area contributed by atoms with Gasteiger partial charge in [-0.1, -0.05) is 0 Å². The molecule has 0 saturated heterocycles. The highest BCUT2D eigenvalue weighted by Gasteiger charge is 2.31. The summed E-state index contributed by atoms with van der Waals surface area (Å²) in [5.41, 5.74) is 4.48. The Morgan fingerprint density at radius 3 is 2.53 bits per heavy atom. The summed E-state index contributed by atoms with van der Waals surface area (Å²) in [6, 6.07) is 1.31. The summed E-state index contributed by atoms with van der Waals surface area (Å²) in [6.45, 7) is 0. The number of benzene rings is 1. The fraction of sp³-hybridized carbons (Fsp3) is 0.364. The molecule has 1 atom stereocenters. The van der Waals surface area contributed by atoms with Crippen LogP contribution in [0.5, 0.6) is 5.75 Å². The molecule has 3 N–H and O–H groups in total. The van der Waals surface area contributed by atoms with E-state index in [4.69, 9.17) is 5.73 Å². The molecule has 0 heterocycles. The van der Waals surface area contributed by atoms with E-state index in [9.17, 15) is 23.1 Å². The molecule has 4 nitrogen and oxygen atoms in total. The zero-order valence-corrected chi connectivity index (χ0v) is 10.7. The second kappa shape index (κ2) is 6.63. The van der Waals surface area contributed by atoms with E-state index in [1.54, 1.807) is 0 Å². The van der Waals surface area contributed by atoms with Gasteiger partial charge in [-0.2, -0.15) is 13.2 Å². The summed E-state index contributed by atoms with van der Waals surface area (Å²) in [7, 11) is 1.14. The van der Waals surface area contributed by atoms with Crippen LogP contribution in [0.15, 0.2) is 18.2 Å². The minimum Gasteiger partial charge on any atom is -0.508 e. The molecule has 0 aliphatic carbocycles. The van der Waals surface area contributed by atoms with Crippen LogP contribution in [0, 0.1) is 0 Å². The lowest BCUT2D eigenvalue weighted by molar-refractivity contribution is -0.141. The van der Waals surface area contributed by atoms with Crippen LogP contribution < -0.4 is 5.73 Å². The second-order valence-corrected chi connectivity index (χ2v) is 3.66. The van der Waals surface area contributed by atoms with E-state index in [0.29, 0.717) is 0 Å². The van der Waals surface area contributed by atoms with Gasteiger partial charge in [0.2, 0.25) is 0 Å². The van der Waals surface area contributed by atoms with Crippen molar-refractivity contribution in [2.75, 3.05) is 7.11 Å². The number of hydrogen-bond acceptors (Lipinski definition) is 4. The fourth-order valence-corrected chi connectivity index (χ4v) is 1.40. The molecule has 1 rings (SSSR count). The number of hydrogen-bond donors (Lipinski definition) is 2. The molecule has 19 heavy (non-hydrogen) atoms. The lowest BCUT2D eigenvalue weighted by Gasteiger charge is -2.15. The Balaban J connectivity index is 0.00000324. The zero-order valence-electron chi connectivity index (χ0n) is 9.90. The normalized spacial score (nSPS) is 12.5. The minimum atomic E-state index is -4.53. The molecule has 8 heteroatoms. The molecule has 0 unspecified atom stereocenters.